The summed E-state index contributed by atoms with van der Waals surface area (Å²) in [5.74, 6) is -0.879. The Balaban J connectivity index is 1.66. The summed E-state index contributed by atoms with van der Waals surface area (Å²) in [6.45, 7) is 3.37. The molecule has 3 rings (SSSR count). The van der Waals surface area contributed by atoms with Gasteiger partial charge in [-0.3, -0.25) is 14.6 Å². The van der Waals surface area contributed by atoms with Crippen LogP contribution in [-0.4, -0.2) is 63.1 Å². The van der Waals surface area contributed by atoms with Gasteiger partial charge in [-0.15, -0.1) is 0 Å². The maximum absolute atomic E-state index is 11.6. The van der Waals surface area contributed by atoms with Gasteiger partial charge in [-0.2, -0.15) is 0 Å². The van der Waals surface area contributed by atoms with Crippen LogP contribution in [0, 0.1) is 0 Å². The molecule has 1 saturated heterocycles. The van der Waals surface area contributed by atoms with Crippen molar-refractivity contribution in [2.24, 2.45) is 0 Å². The number of aromatic nitrogens is 2. The van der Waals surface area contributed by atoms with Crippen molar-refractivity contribution in [1.82, 2.24) is 19.8 Å². The fourth-order valence-corrected chi connectivity index (χ4v) is 3.78. The second-order valence-corrected chi connectivity index (χ2v) is 6.22. The van der Waals surface area contributed by atoms with Crippen molar-refractivity contribution >= 4 is 17.6 Å². The van der Waals surface area contributed by atoms with Gasteiger partial charge in [-0.05, 0) is 12.8 Å². The second-order valence-electron chi connectivity index (χ2n) is 5.86. The van der Waals surface area contributed by atoms with Crippen LogP contribution in [0.3, 0.4) is 0 Å². The molecule has 1 aliphatic carbocycles. The molecule has 2 N–H and O–H groups in total. The molecule has 6 nitrogen and oxygen atoms in total. The zero-order chi connectivity index (χ0) is 14.8. The number of H-pyrrole nitrogens is 1. The summed E-state index contributed by atoms with van der Waals surface area (Å²) < 4.78 is 0. The topological polar surface area (TPSA) is 72.5 Å². The molecule has 2 aliphatic rings. The van der Waals surface area contributed by atoms with Gasteiger partial charge in [-0.1, -0.05) is 24.4 Å². The summed E-state index contributed by atoms with van der Waals surface area (Å²) >= 11 is 5.99. The molecule has 1 saturated carbocycles. The first kappa shape index (κ1) is 14.8. The van der Waals surface area contributed by atoms with Gasteiger partial charge in [0.05, 0.1) is 12.0 Å². The molecule has 1 atom stereocenters. The highest BCUT2D eigenvalue weighted by molar-refractivity contribution is 6.30. The highest BCUT2D eigenvalue weighted by Gasteiger charge is 2.34. The maximum Gasteiger partial charge on any atom is 0.327 e. The van der Waals surface area contributed by atoms with Crippen LogP contribution < -0.4 is 0 Å². The fourth-order valence-electron chi connectivity index (χ4n) is 3.57. The van der Waals surface area contributed by atoms with E-state index in [4.69, 9.17) is 11.6 Å². The Bertz CT molecular complexity index is 493. The molecule has 0 amide bonds. The first-order valence-electron chi connectivity index (χ1n) is 7.56. The molecule has 7 heteroatoms. The normalized spacial score (nSPS) is 23.5. The molecule has 0 aromatic carbocycles. The molecule has 0 bridgehead atoms. The van der Waals surface area contributed by atoms with Gasteiger partial charge in [0.1, 0.15) is 0 Å². The zero-order valence-corrected chi connectivity index (χ0v) is 12.7. The van der Waals surface area contributed by atoms with Crippen LogP contribution in [0.5, 0.6) is 0 Å². The number of imidazole rings is 1. The number of hydrogen-bond acceptors (Lipinski definition) is 4. The van der Waals surface area contributed by atoms with Crippen LogP contribution >= 0.6 is 11.6 Å². The smallest absolute Gasteiger partial charge is 0.327 e. The number of piperazine rings is 1. The standard InChI is InChI=1S/C14H21ClN4O2/c15-13-11(16-9-17-13)12(14(20)21)19-7-5-18(6-8-19)10-3-1-2-4-10/h9-10,12H,1-8H2,(H,16,17)(H,20,21). The van der Waals surface area contributed by atoms with Crippen molar-refractivity contribution in [3.63, 3.8) is 0 Å². The number of rotatable bonds is 4. The maximum atomic E-state index is 11.6. The minimum absolute atomic E-state index is 0.251. The van der Waals surface area contributed by atoms with Crippen molar-refractivity contribution in [2.45, 2.75) is 37.8 Å². The molecule has 0 radical (unpaired) electrons. The summed E-state index contributed by atoms with van der Waals surface area (Å²) in [5, 5.41) is 9.79. The van der Waals surface area contributed by atoms with E-state index in [1.54, 1.807) is 0 Å². The quantitative estimate of drug-likeness (QED) is 0.886. The predicted molar refractivity (Wildman–Crippen MR) is 79.4 cm³/mol. The lowest BCUT2D eigenvalue weighted by atomic mass is 10.1. The molecule has 1 unspecified atom stereocenters. The second kappa shape index (κ2) is 6.34. The van der Waals surface area contributed by atoms with E-state index in [1.165, 1.54) is 32.0 Å². The molecule has 2 fully saturated rings. The van der Waals surface area contributed by atoms with Crippen LogP contribution in [0.15, 0.2) is 6.33 Å². The summed E-state index contributed by atoms with van der Waals surface area (Å²) in [7, 11) is 0. The third kappa shape index (κ3) is 3.07. The Hall–Kier alpha value is -1.11. The lowest BCUT2D eigenvalue weighted by molar-refractivity contribution is -0.144. The number of carboxylic acids is 1. The van der Waals surface area contributed by atoms with E-state index in [1.807, 2.05) is 4.90 Å². The molecule has 116 valence electrons. The number of halogens is 1. The predicted octanol–water partition coefficient (Wildman–Crippen LogP) is 1.75. The van der Waals surface area contributed by atoms with E-state index in [-0.39, 0.29) is 5.15 Å². The molecule has 1 aliphatic heterocycles. The molecule has 1 aromatic rings. The number of aromatic amines is 1. The van der Waals surface area contributed by atoms with Crippen LogP contribution in [0.2, 0.25) is 5.15 Å². The lowest BCUT2D eigenvalue weighted by Gasteiger charge is -2.40. The Morgan fingerprint density at radius 3 is 2.52 bits per heavy atom. The first-order chi connectivity index (χ1) is 10.2. The lowest BCUT2D eigenvalue weighted by Crippen LogP contribution is -2.51. The van der Waals surface area contributed by atoms with Crippen molar-refractivity contribution in [3.8, 4) is 0 Å². The van der Waals surface area contributed by atoms with E-state index in [9.17, 15) is 9.90 Å². The van der Waals surface area contributed by atoms with Gasteiger partial charge in [0.2, 0.25) is 0 Å². The third-order valence-corrected chi connectivity index (χ3v) is 4.98. The molecule has 1 aromatic heterocycles. The monoisotopic (exact) mass is 312 g/mol. The van der Waals surface area contributed by atoms with Crippen molar-refractivity contribution in [1.29, 1.82) is 0 Å². The van der Waals surface area contributed by atoms with Crippen LogP contribution in [-0.2, 0) is 4.79 Å². The van der Waals surface area contributed by atoms with Crippen LogP contribution in [0.4, 0.5) is 0 Å². The highest BCUT2D eigenvalue weighted by Crippen LogP contribution is 2.28. The minimum atomic E-state index is -0.879. The molecular weight excluding hydrogens is 292 g/mol. The Morgan fingerprint density at radius 2 is 2.00 bits per heavy atom. The summed E-state index contributed by atoms with van der Waals surface area (Å²) in [6, 6.07) is -0.0306. The largest absolute Gasteiger partial charge is 0.480 e. The molecular formula is C14H21ClN4O2. The summed E-state index contributed by atoms with van der Waals surface area (Å²) in [5.41, 5.74) is 0.485. The number of carboxylic acid groups (broad SMARTS) is 1. The minimum Gasteiger partial charge on any atom is -0.480 e. The fraction of sp³-hybridized carbons (Fsp3) is 0.714. The van der Waals surface area contributed by atoms with Crippen LogP contribution in [0.1, 0.15) is 37.4 Å². The molecule has 2 heterocycles. The average Bonchev–Trinajstić information content (AvgIpc) is 3.12. The van der Waals surface area contributed by atoms with Gasteiger partial charge in [0.15, 0.2) is 11.2 Å². The van der Waals surface area contributed by atoms with E-state index in [0.717, 1.165) is 26.2 Å². The summed E-state index contributed by atoms with van der Waals surface area (Å²) in [6.07, 6.45) is 6.67. The van der Waals surface area contributed by atoms with Gasteiger partial charge < -0.3 is 10.1 Å². The number of hydrogen-bond donors (Lipinski definition) is 2. The van der Waals surface area contributed by atoms with Crippen LogP contribution in [0.25, 0.3) is 0 Å². The van der Waals surface area contributed by atoms with E-state index >= 15 is 0 Å². The van der Waals surface area contributed by atoms with Gasteiger partial charge in [-0.25, -0.2) is 4.98 Å². The van der Waals surface area contributed by atoms with Gasteiger partial charge >= 0.3 is 5.97 Å². The van der Waals surface area contributed by atoms with Crippen molar-refractivity contribution in [3.05, 3.63) is 17.2 Å². The summed E-state index contributed by atoms with van der Waals surface area (Å²) in [4.78, 5) is 22.9. The average molecular weight is 313 g/mol. The van der Waals surface area contributed by atoms with Gasteiger partial charge in [0, 0.05) is 32.2 Å². The number of nitrogens with zero attached hydrogens (tertiary/aromatic N) is 3. The molecule has 0 spiro atoms. The number of nitrogens with one attached hydrogen (secondary N) is 1. The third-order valence-electron chi connectivity index (χ3n) is 4.68. The Labute approximate surface area is 129 Å². The Morgan fingerprint density at radius 1 is 1.33 bits per heavy atom. The molecule has 21 heavy (non-hydrogen) atoms. The number of carbonyl (C=O) groups is 1. The van der Waals surface area contributed by atoms with Gasteiger partial charge in [0.25, 0.3) is 0 Å². The first-order valence-corrected chi connectivity index (χ1v) is 7.94. The van der Waals surface area contributed by atoms with E-state index < -0.39 is 12.0 Å². The van der Waals surface area contributed by atoms with E-state index in [2.05, 4.69) is 14.9 Å². The SMILES string of the molecule is O=C(O)C(c1[nH]cnc1Cl)N1CCN(C2CCCC2)CC1. The highest BCUT2D eigenvalue weighted by atomic mass is 35.5. The van der Waals surface area contributed by atoms with Crippen molar-refractivity contribution < 1.29 is 9.90 Å². The zero-order valence-electron chi connectivity index (χ0n) is 12.0. The number of aliphatic carboxylic acids is 1. The van der Waals surface area contributed by atoms with E-state index in [0.29, 0.717) is 11.7 Å². The Kier molecular flexibility index (Phi) is 4.47. The van der Waals surface area contributed by atoms with Crippen molar-refractivity contribution in [2.75, 3.05) is 26.2 Å².